The molecular formula is C16H18O4S. The normalized spacial score (nSPS) is 10.1. The first-order chi connectivity index (χ1) is 10.2. The first-order valence-corrected chi connectivity index (χ1v) is 7.15. The van der Waals surface area contributed by atoms with Crippen LogP contribution in [0.2, 0.25) is 0 Å². The summed E-state index contributed by atoms with van der Waals surface area (Å²) in [6, 6.07) is 11.5. The van der Waals surface area contributed by atoms with Gasteiger partial charge >= 0.3 is 0 Å². The number of rotatable bonds is 6. The van der Waals surface area contributed by atoms with E-state index in [4.69, 9.17) is 18.9 Å². The summed E-state index contributed by atoms with van der Waals surface area (Å²) >= 11 is 1.57. The zero-order valence-electron chi connectivity index (χ0n) is 12.5. The van der Waals surface area contributed by atoms with Crippen molar-refractivity contribution in [3.63, 3.8) is 0 Å². The van der Waals surface area contributed by atoms with Crippen LogP contribution in [-0.4, -0.2) is 28.4 Å². The average molecular weight is 306 g/mol. The Morgan fingerprint density at radius 2 is 1.05 bits per heavy atom. The smallest absolute Gasteiger partial charge is 0.136 e. The predicted octanol–water partition coefficient (Wildman–Crippen LogP) is 3.87. The molecule has 5 heteroatoms. The summed E-state index contributed by atoms with van der Waals surface area (Å²) in [6.07, 6.45) is 0. The summed E-state index contributed by atoms with van der Waals surface area (Å²) < 4.78 is 21.2. The maximum Gasteiger partial charge on any atom is 0.136 e. The summed E-state index contributed by atoms with van der Waals surface area (Å²) in [5.74, 6) is 3.05. The number of ether oxygens (including phenoxy) is 4. The van der Waals surface area contributed by atoms with E-state index in [0.717, 1.165) is 32.8 Å². The number of methoxy groups -OCH3 is 4. The lowest BCUT2D eigenvalue weighted by Crippen LogP contribution is -1.91. The first kappa shape index (κ1) is 15.4. The third-order valence-corrected chi connectivity index (χ3v) is 4.08. The van der Waals surface area contributed by atoms with Gasteiger partial charge in [-0.15, -0.1) is 0 Å². The lowest BCUT2D eigenvalue weighted by molar-refractivity contribution is 0.386. The average Bonchev–Trinajstić information content (AvgIpc) is 2.55. The van der Waals surface area contributed by atoms with Gasteiger partial charge < -0.3 is 18.9 Å². The van der Waals surface area contributed by atoms with Gasteiger partial charge in [-0.2, -0.15) is 0 Å². The molecule has 21 heavy (non-hydrogen) atoms. The molecular weight excluding hydrogens is 288 g/mol. The molecule has 0 saturated carbocycles. The highest BCUT2D eigenvalue weighted by atomic mass is 32.2. The van der Waals surface area contributed by atoms with Crippen LogP contribution in [0.1, 0.15) is 0 Å². The molecule has 0 bridgehead atoms. The van der Waals surface area contributed by atoms with Crippen molar-refractivity contribution in [1.29, 1.82) is 0 Å². The quantitative estimate of drug-likeness (QED) is 0.809. The lowest BCUT2D eigenvalue weighted by Gasteiger charge is -2.13. The molecule has 2 aromatic carbocycles. The molecule has 0 unspecified atom stereocenters. The molecule has 4 nitrogen and oxygen atoms in total. The van der Waals surface area contributed by atoms with Gasteiger partial charge in [0, 0.05) is 12.1 Å². The molecule has 0 radical (unpaired) electrons. The van der Waals surface area contributed by atoms with E-state index in [2.05, 4.69) is 0 Å². The Morgan fingerprint density at radius 3 is 1.38 bits per heavy atom. The van der Waals surface area contributed by atoms with E-state index in [1.165, 1.54) is 0 Å². The number of benzene rings is 2. The molecule has 0 aliphatic rings. The van der Waals surface area contributed by atoms with E-state index in [1.807, 2.05) is 36.4 Å². The lowest BCUT2D eigenvalue weighted by atomic mass is 10.3. The Labute approximate surface area is 129 Å². The van der Waals surface area contributed by atoms with Crippen molar-refractivity contribution in [3.8, 4) is 23.0 Å². The van der Waals surface area contributed by atoms with Crippen LogP contribution in [-0.2, 0) is 0 Å². The van der Waals surface area contributed by atoms with Crippen molar-refractivity contribution < 1.29 is 18.9 Å². The van der Waals surface area contributed by atoms with Gasteiger partial charge in [-0.05, 0) is 24.3 Å². The van der Waals surface area contributed by atoms with Gasteiger partial charge in [0.25, 0.3) is 0 Å². The van der Waals surface area contributed by atoms with Gasteiger partial charge in [0.1, 0.15) is 23.0 Å². The second-order valence-corrected chi connectivity index (χ2v) is 5.22. The van der Waals surface area contributed by atoms with E-state index in [0.29, 0.717) is 0 Å². The highest BCUT2D eigenvalue weighted by Gasteiger charge is 2.11. The summed E-state index contributed by atoms with van der Waals surface area (Å²) in [5.41, 5.74) is 0. The molecule has 0 saturated heterocycles. The van der Waals surface area contributed by atoms with Gasteiger partial charge in [0.15, 0.2) is 0 Å². The molecule has 0 amide bonds. The predicted molar refractivity (Wildman–Crippen MR) is 83.2 cm³/mol. The van der Waals surface area contributed by atoms with Crippen LogP contribution in [0.25, 0.3) is 0 Å². The molecule has 0 N–H and O–H groups in total. The van der Waals surface area contributed by atoms with E-state index >= 15 is 0 Å². The molecule has 0 spiro atoms. The fourth-order valence-electron chi connectivity index (χ4n) is 1.84. The Morgan fingerprint density at radius 1 is 0.619 bits per heavy atom. The minimum atomic E-state index is 0.761. The van der Waals surface area contributed by atoms with Gasteiger partial charge in [-0.25, -0.2) is 0 Å². The monoisotopic (exact) mass is 306 g/mol. The number of hydrogen-bond donors (Lipinski definition) is 0. The van der Waals surface area contributed by atoms with E-state index in [9.17, 15) is 0 Å². The second kappa shape index (κ2) is 7.13. The molecule has 0 aliphatic carbocycles. The standard InChI is InChI=1S/C16H18O4S/c1-17-11-5-7-15(13(9-11)19-3)21-16-8-6-12(18-2)10-14(16)20-4/h5-10H,1-4H3. The van der Waals surface area contributed by atoms with Crippen molar-refractivity contribution in [2.75, 3.05) is 28.4 Å². The molecule has 0 aliphatic heterocycles. The third-order valence-electron chi connectivity index (χ3n) is 2.96. The summed E-state index contributed by atoms with van der Waals surface area (Å²) in [7, 11) is 6.55. The molecule has 2 aromatic rings. The van der Waals surface area contributed by atoms with Gasteiger partial charge in [-0.3, -0.25) is 0 Å². The van der Waals surface area contributed by atoms with Crippen LogP contribution in [0.5, 0.6) is 23.0 Å². The minimum absolute atomic E-state index is 0.761. The minimum Gasteiger partial charge on any atom is -0.497 e. The molecule has 0 heterocycles. The highest BCUT2D eigenvalue weighted by Crippen LogP contribution is 2.41. The van der Waals surface area contributed by atoms with Crippen LogP contribution >= 0.6 is 11.8 Å². The summed E-state index contributed by atoms with van der Waals surface area (Å²) in [6.45, 7) is 0. The van der Waals surface area contributed by atoms with Crippen LogP contribution in [0.15, 0.2) is 46.2 Å². The molecule has 2 rings (SSSR count). The van der Waals surface area contributed by atoms with Crippen LogP contribution in [0.4, 0.5) is 0 Å². The third kappa shape index (κ3) is 3.55. The zero-order chi connectivity index (χ0) is 15.2. The van der Waals surface area contributed by atoms with Crippen molar-refractivity contribution in [2.24, 2.45) is 0 Å². The summed E-state index contributed by atoms with van der Waals surface area (Å²) in [4.78, 5) is 1.98. The highest BCUT2D eigenvalue weighted by molar-refractivity contribution is 7.99. The Hall–Kier alpha value is -2.01. The zero-order valence-corrected chi connectivity index (χ0v) is 13.3. The van der Waals surface area contributed by atoms with Crippen molar-refractivity contribution in [2.45, 2.75) is 9.79 Å². The molecule has 0 atom stereocenters. The fourth-order valence-corrected chi connectivity index (χ4v) is 2.83. The largest absolute Gasteiger partial charge is 0.497 e. The van der Waals surface area contributed by atoms with Gasteiger partial charge in [-0.1, -0.05) is 11.8 Å². The van der Waals surface area contributed by atoms with Crippen molar-refractivity contribution in [1.82, 2.24) is 0 Å². The van der Waals surface area contributed by atoms with E-state index in [1.54, 1.807) is 40.2 Å². The molecule has 0 aromatic heterocycles. The maximum atomic E-state index is 5.41. The summed E-state index contributed by atoms with van der Waals surface area (Å²) in [5, 5.41) is 0. The SMILES string of the molecule is COc1ccc(Sc2ccc(OC)cc2OC)c(OC)c1. The topological polar surface area (TPSA) is 36.9 Å². The van der Waals surface area contributed by atoms with Gasteiger partial charge in [0.05, 0.1) is 38.2 Å². The fraction of sp³-hybridized carbons (Fsp3) is 0.250. The first-order valence-electron chi connectivity index (χ1n) is 6.33. The Kier molecular flexibility index (Phi) is 5.22. The second-order valence-electron chi connectivity index (χ2n) is 4.14. The van der Waals surface area contributed by atoms with Crippen molar-refractivity contribution >= 4 is 11.8 Å². The molecule has 0 fully saturated rings. The van der Waals surface area contributed by atoms with Crippen LogP contribution < -0.4 is 18.9 Å². The Bertz CT molecular complexity index is 560. The van der Waals surface area contributed by atoms with Crippen molar-refractivity contribution in [3.05, 3.63) is 36.4 Å². The van der Waals surface area contributed by atoms with E-state index in [-0.39, 0.29) is 0 Å². The maximum absolute atomic E-state index is 5.41. The van der Waals surface area contributed by atoms with Gasteiger partial charge in [0.2, 0.25) is 0 Å². The molecule has 112 valence electrons. The Balaban J connectivity index is 2.33. The van der Waals surface area contributed by atoms with Crippen LogP contribution in [0.3, 0.4) is 0 Å². The van der Waals surface area contributed by atoms with E-state index < -0.39 is 0 Å². The van der Waals surface area contributed by atoms with Crippen LogP contribution in [0, 0.1) is 0 Å². The number of hydrogen-bond acceptors (Lipinski definition) is 5.